The van der Waals surface area contributed by atoms with Gasteiger partial charge in [-0.3, -0.25) is 9.59 Å². The van der Waals surface area contributed by atoms with E-state index < -0.39 is 0 Å². The van der Waals surface area contributed by atoms with Crippen molar-refractivity contribution in [2.75, 3.05) is 4.90 Å². The fourth-order valence-corrected chi connectivity index (χ4v) is 2.73. The highest BCUT2D eigenvalue weighted by atomic mass is 16.5. The second-order valence-electron chi connectivity index (χ2n) is 5.37. The van der Waals surface area contributed by atoms with Gasteiger partial charge in [0, 0.05) is 12.5 Å². The van der Waals surface area contributed by atoms with Gasteiger partial charge in [-0.15, -0.1) is 0 Å². The molecule has 0 bridgehead atoms. The van der Waals surface area contributed by atoms with Crippen LogP contribution in [-0.4, -0.2) is 17.0 Å². The third kappa shape index (κ3) is 2.35. The van der Waals surface area contributed by atoms with Gasteiger partial charge < -0.3 is 4.52 Å². The molecule has 0 N–H and O–H groups in total. The Morgan fingerprint density at radius 1 is 1.29 bits per heavy atom. The molecule has 108 valence electrons. The number of aryl methyl sites for hydroxylation is 1. The number of imide groups is 1. The molecule has 3 rings (SSSR count). The van der Waals surface area contributed by atoms with Crippen LogP contribution in [0.2, 0.25) is 0 Å². The first-order valence-corrected chi connectivity index (χ1v) is 6.93. The predicted molar refractivity (Wildman–Crippen MR) is 76.7 cm³/mol. The van der Waals surface area contributed by atoms with Crippen LogP contribution in [0.1, 0.15) is 30.6 Å². The monoisotopic (exact) mass is 284 g/mol. The minimum absolute atomic E-state index is 0.0133. The Hall–Kier alpha value is -2.43. The highest BCUT2D eigenvalue weighted by Crippen LogP contribution is 2.35. The molecule has 21 heavy (non-hydrogen) atoms. The lowest BCUT2D eigenvalue weighted by Crippen LogP contribution is -2.31. The van der Waals surface area contributed by atoms with Gasteiger partial charge in [-0.05, 0) is 18.4 Å². The summed E-state index contributed by atoms with van der Waals surface area (Å²) in [4.78, 5) is 25.9. The Balaban J connectivity index is 1.87. The number of anilines is 1. The van der Waals surface area contributed by atoms with Crippen LogP contribution >= 0.6 is 0 Å². The third-order valence-electron chi connectivity index (χ3n) is 3.96. The molecular formula is C16H16N2O3. The van der Waals surface area contributed by atoms with E-state index in [4.69, 9.17) is 4.52 Å². The number of hydrogen-bond donors (Lipinski definition) is 0. The van der Waals surface area contributed by atoms with Crippen molar-refractivity contribution in [2.45, 2.75) is 26.2 Å². The summed E-state index contributed by atoms with van der Waals surface area (Å²) in [5.74, 6) is 0.0682. The second-order valence-corrected chi connectivity index (χ2v) is 5.37. The molecule has 5 heteroatoms. The lowest BCUT2D eigenvalue weighted by Gasteiger charge is -2.17. The van der Waals surface area contributed by atoms with Crippen molar-refractivity contribution >= 4 is 17.6 Å². The summed E-state index contributed by atoms with van der Waals surface area (Å²) in [6, 6.07) is 11.4. The summed E-state index contributed by atoms with van der Waals surface area (Å²) in [6.45, 7) is 3.70. The van der Waals surface area contributed by atoms with E-state index >= 15 is 0 Å². The van der Waals surface area contributed by atoms with E-state index in [1.807, 2.05) is 37.3 Å². The van der Waals surface area contributed by atoms with E-state index in [1.165, 1.54) is 0 Å². The first-order chi connectivity index (χ1) is 10.1. The Labute approximate surface area is 122 Å². The normalized spacial score (nSPS) is 20.1. The molecule has 2 amide bonds. The third-order valence-corrected chi connectivity index (χ3v) is 3.96. The number of aromatic nitrogens is 1. The second kappa shape index (κ2) is 5.16. The molecule has 1 aliphatic rings. The van der Waals surface area contributed by atoms with E-state index in [0.29, 0.717) is 5.76 Å². The average molecular weight is 284 g/mol. The average Bonchev–Trinajstić information content (AvgIpc) is 3.02. The van der Waals surface area contributed by atoms with E-state index in [-0.39, 0.29) is 35.9 Å². The molecule has 0 spiro atoms. The molecule has 1 aromatic heterocycles. The zero-order valence-corrected chi connectivity index (χ0v) is 11.9. The lowest BCUT2D eigenvalue weighted by molar-refractivity contribution is -0.122. The molecule has 0 radical (unpaired) electrons. The Morgan fingerprint density at radius 2 is 2.00 bits per heavy atom. The SMILES string of the molecule is Cc1cc(N2C(=O)C[C@H]([C@H](C)c3ccccc3)C2=O)no1. The Morgan fingerprint density at radius 3 is 2.62 bits per heavy atom. The van der Waals surface area contributed by atoms with Crippen molar-refractivity contribution in [1.82, 2.24) is 5.16 Å². The van der Waals surface area contributed by atoms with Crippen LogP contribution in [0.5, 0.6) is 0 Å². The standard InChI is InChI=1S/C16H16N2O3/c1-10-8-14(17-21-10)18-15(19)9-13(16(18)20)11(2)12-6-4-3-5-7-12/h3-8,11,13H,9H2,1-2H3/t11-,13-/m1/s1. The van der Waals surface area contributed by atoms with Crippen molar-refractivity contribution in [3.63, 3.8) is 0 Å². The molecule has 0 saturated carbocycles. The largest absolute Gasteiger partial charge is 0.360 e. The number of benzene rings is 1. The van der Waals surface area contributed by atoms with Gasteiger partial charge in [0.2, 0.25) is 11.8 Å². The molecule has 2 aromatic rings. The quantitative estimate of drug-likeness (QED) is 0.813. The molecule has 1 fully saturated rings. The van der Waals surface area contributed by atoms with Crippen LogP contribution in [0.3, 0.4) is 0 Å². The number of hydrogen-bond acceptors (Lipinski definition) is 4. The van der Waals surface area contributed by atoms with Crippen LogP contribution in [0, 0.1) is 12.8 Å². The number of amides is 2. The van der Waals surface area contributed by atoms with Crippen LogP contribution in [0.4, 0.5) is 5.82 Å². The number of rotatable bonds is 3. The molecule has 1 saturated heterocycles. The van der Waals surface area contributed by atoms with Crippen molar-refractivity contribution in [2.24, 2.45) is 5.92 Å². The highest BCUT2D eigenvalue weighted by molar-refractivity contribution is 6.20. The smallest absolute Gasteiger partial charge is 0.239 e. The molecule has 0 unspecified atom stereocenters. The van der Waals surface area contributed by atoms with Gasteiger partial charge in [-0.1, -0.05) is 42.4 Å². The molecule has 5 nitrogen and oxygen atoms in total. The predicted octanol–water partition coefficient (Wildman–Crippen LogP) is 2.67. The minimum Gasteiger partial charge on any atom is -0.360 e. The zero-order chi connectivity index (χ0) is 15.0. The molecule has 1 aliphatic heterocycles. The molecule has 1 aromatic carbocycles. The van der Waals surface area contributed by atoms with Gasteiger partial charge in [-0.25, -0.2) is 4.90 Å². The van der Waals surface area contributed by atoms with Gasteiger partial charge in [0.15, 0.2) is 5.82 Å². The van der Waals surface area contributed by atoms with Gasteiger partial charge in [-0.2, -0.15) is 0 Å². The van der Waals surface area contributed by atoms with Crippen LogP contribution < -0.4 is 4.90 Å². The van der Waals surface area contributed by atoms with E-state index in [2.05, 4.69) is 5.16 Å². The summed E-state index contributed by atoms with van der Waals surface area (Å²) >= 11 is 0. The maximum atomic E-state index is 12.6. The first-order valence-electron chi connectivity index (χ1n) is 6.93. The first kappa shape index (κ1) is 13.5. The minimum atomic E-state index is -0.350. The molecule has 2 heterocycles. The summed E-state index contributed by atoms with van der Waals surface area (Å²) < 4.78 is 4.96. The summed E-state index contributed by atoms with van der Waals surface area (Å²) in [6.07, 6.45) is 0.209. The van der Waals surface area contributed by atoms with Crippen molar-refractivity contribution < 1.29 is 14.1 Å². The van der Waals surface area contributed by atoms with Crippen molar-refractivity contribution in [3.8, 4) is 0 Å². The van der Waals surface area contributed by atoms with Crippen molar-refractivity contribution in [1.29, 1.82) is 0 Å². The number of carbonyl (C=O) groups excluding carboxylic acids is 2. The maximum absolute atomic E-state index is 12.6. The van der Waals surface area contributed by atoms with Gasteiger partial charge >= 0.3 is 0 Å². The Kier molecular flexibility index (Phi) is 3.33. The van der Waals surface area contributed by atoms with Gasteiger partial charge in [0.05, 0.1) is 5.92 Å². The van der Waals surface area contributed by atoms with Crippen LogP contribution in [-0.2, 0) is 9.59 Å². The zero-order valence-electron chi connectivity index (χ0n) is 11.9. The fraction of sp³-hybridized carbons (Fsp3) is 0.312. The number of nitrogens with zero attached hydrogens (tertiary/aromatic N) is 2. The van der Waals surface area contributed by atoms with Gasteiger partial charge in [0.25, 0.3) is 0 Å². The fourth-order valence-electron chi connectivity index (χ4n) is 2.73. The summed E-state index contributed by atoms with van der Waals surface area (Å²) in [7, 11) is 0. The highest BCUT2D eigenvalue weighted by Gasteiger charge is 2.43. The van der Waals surface area contributed by atoms with Crippen molar-refractivity contribution in [3.05, 3.63) is 47.7 Å². The van der Waals surface area contributed by atoms with Crippen LogP contribution in [0.15, 0.2) is 40.9 Å². The topological polar surface area (TPSA) is 63.4 Å². The summed E-state index contributed by atoms with van der Waals surface area (Å²) in [5, 5.41) is 3.77. The summed E-state index contributed by atoms with van der Waals surface area (Å²) in [5.41, 5.74) is 1.06. The van der Waals surface area contributed by atoms with Crippen LogP contribution in [0.25, 0.3) is 0 Å². The lowest BCUT2D eigenvalue weighted by atomic mass is 9.86. The molecular weight excluding hydrogens is 268 g/mol. The molecule has 0 aliphatic carbocycles. The van der Waals surface area contributed by atoms with E-state index in [0.717, 1.165) is 10.5 Å². The Bertz CT molecular complexity index is 678. The van der Waals surface area contributed by atoms with E-state index in [9.17, 15) is 9.59 Å². The van der Waals surface area contributed by atoms with E-state index in [1.54, 1.807) is 13.0 Å². The maximum Gasteiger partial charge on any atom is 0.239 e. The molecule has 2 atom stereocenters. The number of carbonyl (C=O) groups is 2. The van der Waals surface area contributed by atoms with Gasteiger partial charge in [0.1, 0.15) is 5.76 Å².